The van der Waals surface area contributed by atoms with Gasteiger partial charge in [0, 0.05) is 17.6 Å². The summed E-state index contributed by atoms with van der Waals surface area (Å²) in [4.78, 5) is 0. The van der Waals surface area contributed by atoms with Crippen LogP contribution in [-0.2, 0) is 6.54 Å². The summed E-state index contributed by atoms with van der Waals surface area (Å²) in [6.07, 6.45) is 8.25. The normalized spacial score (nSPS) is 18.0. The monoisotopic (exact) mass is 251 g/mol. The Labute approximate surface area is 110 Å². The summed E-state index contributed by atoms with van der Waals surface area (Å²) in [6.45, 7) is 3.11. The molecule has 1 aliphatic rings. The molecule has 0 unspecified atom stereocenters. The first-order chi connectivity index (χ1) is 8.25. The third kappa shape index (κ3) is 4.01. The number of hydrogen-bond donors (Lipinski definition) is 1. The van der Waals surface area contributed by atoms with E-state index < -0.39 is 0 Å². The summed E-state index contributed by atoms with van der Waals surface area (Å²) in [5.41, 5.74) is 2.66. The first-order valence-corrected chi connectivity index (χ1v) is 7.12. The number of halogens is 1. The number of rotatable bonds is 3. The van der Waals surface area contributed by atoms with Gasteiger partial charge < -0.3 is 5.32 Å². The van der Waals surface area contributed by atoms with Gasteiger partial charge in [-0.1, -0.05) is 43.4 Å². The van der Waals surface area contributed by atoms with Gasteiger partial charge in [0.05, 0.1) is 0 Å². The molecule has 0 heterocycles. The maximum absolute atomic E-state index is 6.04. The molecule has 1 aromatic rings. The second kappa shape index (κ2) is 6.42. The molecule has 2 heteroatoms. The molecule has 1 aliphatic carbocycles. The second-order valence-corrected chi connectivity index (χ2v) is 5.58. The lowest BCUT2D eigenvalue weighted by atomic mass is 10.1. The Kier molecular flexibility index (Phi) is 4.87. The lowest BCUT2D eigenvalue weighted by Crippen LogP contribution is -2.28. The predicted octanol–water partition coefficient (Wildman–Crippen LogP) is 4.46. The highest BCUT2D eigenvalue weighted by Crippen LogP contribution is 2.19. The van der Waals surface area contributed by atoms with Crippen molar-refractivity contribution in [1.29, 1.82) is 0 Å². The van der Waals surface area contributed by atoms with Crippen LogP contribution in [0.5, 0.6) is 0 Å². The van der Waals surface area contributed by atoms with Gasteiger partial charge in [-0.15, -0.1) is 0 Å². The minimum Gasteiger partial charge on any atom is -0.310 e. The molecule has 1 fully saturated rings. The van der Waals surface area contributed by atoms with Crippen molar-refractivity contribution in [3.63, 3.8) is 0 Å². The zero-order valence-corrected chi connectivity index (χ0v) is 11.4. The Morgan fingerprint density at radius 1 is 1.18 bits per heavy atom. The van der Waals surface area contributed by atoms with Gasteiger partial charge in [-0.25, -0.2) is 0 Å². The van der Waals surface area contributed by atoms with Crippen molar-refractivity contribution in [2.24, 2.45) is 0 Å². The van der Waals surface area contributed by atoms with E-state index in [1.807, 2.05) is 6.07 Å². The van der Waals surface area contributed by atoms with E-state index in [4.69, 9.17) is 11.6 Å². The Hall–Kier alpha value is -0.530. The van der Waals surface area contributed by atoms with E-state index in [1.54, 1.807) is 0 Å². The fraction of sp³-hybridized carbons (Fsp3) is 0.600. The molecule has 0 saturated heterocycles. The second-order valence-electron chi connectivity index (χ2n) is 5.14. The van der Waals surface area contributed by atoms with Gasteiger partial charge in [0.25, 0.3) is 0 Å². The van der Waals surface area contributed by atoms with Crippen molar-refractivity contribution in [1.82, 2.24) is 5.32 Å². The van der Waals surface area contributed by atoms with E-state index in [1.165, 1.54) is 49.7 Å². The van der Waals surface area contributed by atoms with Crippen LogP contribution in [0.1, 0.15) is 49.7 Å². The zero-order valence-electron chi connectivity index (χ0n) is 10.6. The van der Waals surface area contributed by atoms with Crippen LogP contribution in [0.2, 0.25) is 5.02 Å². The van der Waals surface area contributed by atoms with Gasteiger partial charge in [-0.05, 0) is 43.0 Å². The fourth-order valence-corrected chi connectivity index (χ4v) is 2.76. The first kappa shape index (κ1) is 12.9. The zero-order chi connectivity index (χ0) is 12.1. The van der Waals surface area contributed by atoms with Gasteiger partial charge in [-0.3, -0.25) is 0 Å². The minimum atomic E-state index is 0.705. The van der Waals surface area contributed by atoms with E-state index in [-0.39, 0.29) is 0 Å². The Balaban J connectivity index is 1.89. The molecule has 0 aliphatic heterocycles. The first-order valence-electron chi connectivity index (χ1n) is 6.74. The average molecular weight is 252 g/mol. The lowest BCUT2D eigenvalue weighted by molar-refractivity contribution is 0.458. The molecule has 0 radical (unpaired) electrons. The van der Waals surface area contributed by atoms with Gasteiger partial charge in [0.1, 0.15) is 0 Å². The molecule has 0 spiro atoms. The number of aryl methyl sites for hydroxylation is 1. The standard InChI is InChI=1S/C15H22ClN/c1-12-8-9-14(16)10-13(12)11-17-15-6-4-2-3-5-7-15/h8-10,15,17H,2-7,11H2,1H3. The van der Waals surface area contributed by atoms with Crippen LogP contribution < -0.4 is 5.32 Å². The van der Waals surface area contributed by atoms with Crippen molar-refractivity contribution in [3.05, 3.63) is 34.3 Å². The summed E-state index contributed by atoms with van der Waals surface area (Å²) < 4.78 is 0. The van der Waals surface area contributed by atoms with Crippen molar-refractivity contribution >= 4 is 11.6 Å². The molecule has 0 bridgehead atoms. The largest absolute Gasteiger partial charge is 0.310 e. The van der Waals surface area contributed by atoms with E-state index in [9.17, 15) is 0 Å². The molecule has 1 nitrogen and oxygen atoms in total. The summed E-state index contributed by atoms with van der Waals surface area (Å²) in [5.74, 6) is 0. The quantitative estimate of drug-likeness (QED) is 0.782. The van der Waals surface area contributed by atoms with Crippen LogP contribution in [-0.4, -0.2) is 6.04 Å². The van der Waals surface area contributed by atoms with E-state index in [2.05, 4.69) is 24.4 Å². The van der Waals surface area contributed by atoms with Crippen LogP contribution in [0.15, 0.2) is 18.2 Å². The summed E-state index contributed by atoms with van der Waals surface area (Å²) in [7, 11) is 0. The van der Waals surface area contributed by atoms with Gasteiger partial charge in [-0.2, -0.15) is 0 Å². The topological polar surface area (TPSA) is 12.0 Å². The van der Waals surface area contributed by atoms with Crippen LogP contribution in [0, 0.1) is 6.92 Å². The molecule has 0 aromatic heterocycles. The number of nitrogens with one attached hydrogen (secondary N) is 1. The minimum absolute atomic E-state index is 0.705. The maximum atomic E-state index is 6.04. The van der Waals surface area contributed by atoms with Gasteiger partial charge in [0.2, 0.25) is 0 Å². The molecule has 1 saturated carbocycles. The smallest absolute Gasteiger partial charge is 0.0409 e. The van der Waals surface area contributed by atoms with Crippen LogP contribution in [0.25, 0.3) is 0 Å². The Morgan fingerprint density at radius 3 is 2.59 bits per heavy atom. The third-order valence-electron chi connectivity index (χ3n) is 3.75. The number of hydrogen-bond acceptors (Lipinski definition) is 1. The van der Waals surface area contributed by atoms with Crippen molar-refractivity contribution in [3.8, 4) is 0 Å². The van der Waals surface area contributed by atoms with Crippen LogP contribution >= 0.6 is 11.6 Å². The van der Waals surface area contributed by atoms with E-state index in [0.717, 1.165) is 11.6 Å². The predicted molar refractivity (Wildman–Crippen MR) is 74.5 cm³/mol. The molecule has 2 rings (SSSR count). The summed E-state index contributed by atoms with van der Waals surface area (Å²) in [5, 5.41) is 4.53. The molecule has 94 valence electrons. The molecule has 1 aromatic carbocycles. The molecule has 17 heavy (non-hydrogen) atoms. The van der Waals surface area contributed by atoms with E-state index >= 15 is 0 Å². The molecular weight excluding hydrogens is 230 g/mol. The van der Waals surface area contributed by atoms with Crippen molar-refractivity contribution in [2.75, 3.05) is 0 Å². The number of benzene rings is 1. The summed E-state index contributed by atoms with van der Waals surface area (Å²) >= 11 is 6.04. The van der Waals surface area contributed by atoms with Crippen molar-refractivity contribution in [2.45, 2.75) is 58.0 Å². The van der Waals surface area contributed by atoms with E-state index in [0.29, 0.717) is 6.04 Å². The van der Waals surface area contributed by atoms with Gasteiger partial charge >= 0.3 is 0 Å². The Morgan fingerprint density at radius 2 is 1.88 bits per heavy atom. The van der Waals surface area contributed by atoms with Crippen molar-refractivity contribution < 1.29 is 0 Å². The molecule has 0 amide bonds. The average Bonchev–Trinajstić information content (AvgIpc) is 2.59. The Bertz CT molecular complexity index is 354. The van der Waals surface area contributed by atoms with Crippen LogP contribution in [0.4, 0.5) is 0 Å². The SMILES string of the molecule is Cc1ccc(Cl)cc1CNC1CCCCCC1. The van der Waals surface area contributed by atoms with Crippen LogP contribution in [0.3, 0.4) is 0 Å². The summed E-state index contributed by atoms with van der Waals surface area (Å²) in [6, 6.07) is 6.86. The molecule has 0 atom stereocenters. The third-order valence-corrected chi connectivity index (χ3v) is 3.98. The maximum Gasteiger partial charge on any atom is 0.0409 e. The molecular formula is C15H22ClN. The fourth-order valence-electron chi connectivity index (χ4n) is 2.57. The highest BCUT2D eigenvalue weighted by molar-refractivity contribution is 6.30. The van der Waals surface area contributed by atoms with Gasteiger partial charge in [0.15, 0.2) is 0 Å². The highest BCUT2D eigenvalue weighted by Gasteiger charge is 2.11. The lowest BCUT2D eigenvalue weighted by Gasteiger charge is -2.17. The molecule has 1 N–H and O–H groups in total. The highest BCUT2D eigenvalue weighted by atomic mass is 35.5.